The Morgan fingerprint density at radius 3 is 2.00 bits per heavy atom. The van der Waals surface area contributed by atoms with E-state index in [-0.39, 0.29) is 6.61 Å². The summed E-state index contributed by atoms with van der Waals surface area (Å²) in [5.74, 6) is 0. The van der Waals surface area contributed by atoms with Crippen LogP contribution in [0.15, 0.2) is 12.1 Å². The van der Waals surface area contributed by atoms with Crippen LogP contribution in [-0.2, 0) is 11.3 Å². The van der Waals surface area contributed by atoms with Gasteiger partial charge >= 0.3 is 0 Å². The smallest absolute Gasteiger partial charge is 0.111 e. The van der Waals surface area contributed by atoms with Gasteiger partial charge in [0.25, 0.3) is 0 Å². The molecule has 0 bridgehead atoms. The van der Waals surface area contributed by atoms with Gasteiger partial charge < -0.3 is 30.3 Å². The zero-order chi connectivity index (χ0) is 19.9. The summed E-state index contributed by atoms with van der Waals surface area (Å²) in [5, 5.41) is 48.9. The fourth-order valence-corrected chi connectivity index (χ4v) is 3.14. The molecule has 150 valence electrons. The molecule has 0 saturated carbocycles. The quantitative estimate of drug-likeness (QED) is 0.399. The molecule has 6 heteroatoms. The molecule has 5 atom stereocenters. The van der Waals surface area contributed by atoms with E-state index in [9.17, 15) is 20.4 Å². The number of hydrogen-bond donors (Lipinski definition) is 5. The van der Waals surface area contributed by atoms with E-state index in [1.54, 1.807) is 0 Å². The summed E-state index contributed by atoms with van der Waals surface area (Å²) in [6, 6.07) is 4.14. The van der Waals surface area contributed by atoms with E-state index in [0.29, 0.717) is 6.42 Å². The van der Waals surface area contributed by atoms with Crippen molar-refractivity contribution in [1.29, 1.82) is 0 Å². The molecule has 0 saturated heterocycles. The topological polar surface area (TPSA) is 110 Å². The molecule has 1 rings (SSSR count). The zero-order valence-electron chi connectivity index (χ0n) is 16.2. The first-order valence-electron chi connectivity index (χ1n) is 9.24. The van der Waals surface area contributed by atoms with Crippen LogP contribution in [0.1, 0.15) is 48.4 Å². The minimum Gasteiger partial charge on any atom is -0.394 e. The number of aliphatic hydroxyl groups excluding tert-OH is 5. The maximum Gasteiger partial charge on any atom is 0.111 e. The molecular formula is C20H34O6. The van der Waals surface area contributed by atoms with Crippen LogP contribution < -0.4 is 0 Å². The Morgan fingerprint density at radius 1 is 0.923 bits per heavy atom. The number of unbranched alkanes of at least 4 members (excludes halogenated alkanes) is 1. The average molecular weight is 370 g/mol. The van der Waals surface area contributed by atoms with Crippen molar-refractivity contribution in [2.24, 2.45) is 0 Å². The molecule has 6 nitrogen and oxygen atoms in total. The second kappa shape index (κ2) is 11.0. The molecule has 0 heterocycles. The summed E-state index contributed by atoms with van der Waals surface area (Å²) in [5.41, 5.74) is 4.41. The fourth-order valence-electron chi connectivity index (χ4n) is 3.14. The Kier molecular flexibility index (Phi) is 9.71. The van der Waals surface area contributed by atoms with Crippen LogP contribution in [0.25, 0.3) is 0 Å². The molecule has 0 aliphatic rings. The van der Waals surface area contributed by atoms with E-state index >= 15 is 0 Å². The van der Waals surface area contributed by atoms with Crippen LogP contribution in [0.2, 0.25) is 0 Å². The molecule has 1 aromatic carbocycles. The van der Waals surface area contributed by atoms with Crippen molar-refractivity contribution in [2.75, 3.05) is 6.61 Å². The Balaban J connectivity index is 2.86. The third-order valence-electron chi connectivity index (χ3n) is 4.79. The van der Waals surface area contributed by atoms with Gasteiger partial charge in [-0.1, -0.05) is 37.5 Å². The third-order valence-corrected chi connectivity index (χ3v) is 4.79. The molecule has 0 fully saturated rings. The van der Waals surface area contributed by atoms with Gasteiger partial charge in [-0.05, 0) is 43.9 Å². The summed E-state index contributed by atoms with van der Waals surface area (Å²) in [6.45, 7) is 7.64. The predicted molar refractivity (Wildman–Crippen MR) is 99.9 cm³/mol. The molecule has 1 aromatic rings. The molecule has 0 radical (unpaired) electrons. The van der Waals surface area contributed by atoms with Gasteiger partial charge in [0.2, 0.25) is 0 Å². The van der Waals surface area contributed by atoms with Crippen LogP contribution in [0.3, 0.4) is 0 Å². The maximum absolute atomic E-state index is 10.5. The van der Waals surface area contributed by atoms with Crippen molar-refractivity contribution in [3.8, 4) is 0 Å². The highest BCUT2D eigenvalue weighted by atomic mass is 16.5. The van der Waals surface area contributed by atoms with E-state index < -0.39 is 37.1 Å². The van der Waals surface area contributed by atoms with Crippen molar-refractivity contribution < 1.29 is 30.3 Å². The van der Waals surface area contributed by atoms with Gasteiger partial charge in [0.1, 0.15) is 24.4 Å². The highest BCUT2D eigenvalue weighted by Gasteiger charge is 2.35. The van der Waals surface area contributed by atoms with Crippen LogP contribution in [-0.4, -0.2) is 62.7 Å². The highest BCUT2D eigenvalue weighted by molar-refractivity contribution is 5.36. The minimum atomic E-state index is -1.65. The summed E-state index contributed by atoms with van der Waals surface area (Å²) >= 11 is 0. The second-order valence-corrected chi connectivity index (χ2v) is 7.09. The number of benzene rings is 1. The Labute approximate surface area is 156 Å². The summed E-state index contributed by atoms with van der Waals surface area (Å²) in [6.07, 6.45) is -4.64. The van der Waals surface area contributed by atoms with Gasteiger partial charge in [0.05, 0.1) is 19.3 Å². The van der Waals surface area contributed by atoms with Gasteiger partial charge in [0.15, 0.2) is 0 Å². The maximum atomic E-state index is 10.5. The number of aryl methyl sites for hydroxylation is 3. The molecule has 0 aliphatic heterocycles. The van der Waals surface area contributed by atoms with Crippen LogP contribution in [0.5, 0.6) is 0 Å². The van der Waals surface area contributed by atoms with Crippen LogP contribution >= 0.6 is 0 Å². The SMILES string of the molecule is CCCCC(OCc1c(C)cc(C)cc1C)C(O)C(O)C(O)C(O)CO. The van der Waals surface area contributed by atoms with Gasteiger partial charge in [-0.3, -0.25) is 0 Å². The molecule has 0 amide bonds. The van der Waals surface area contributed by atoms with Crippen molar-refractivity contribution in [2.45, 2.75) is 84.1 Å². The molecular weight excluding hydrogens is 336 g/mol. The standard InChI is InChI=1S/C20H34O6/c1-5-6-7-17(19(24)20(25)18(23)16(22)10-21)26-11-15-13(3)8-12(2)9-14(15)4/h8-9,16-25H,5-7,10-11H2,1-4H3. The molecule has 0 aliphatic carbocycles. The molecule has 5 N–H and O–H groups in total. The van der Waals surface area contributed by atoms with E-state index in [1.165, 1.54) is 5.56 Å². The molecule has 0 spiro atoms. The van der Waals surface area contributed by atoms with Gasteiger partial charge in [0, 0.05) is 0 Å². The second-order valence-electron chi connectivity index (χ2n) is 7.09. The Hall–Kier alpha value is -1.02. The average Bonchev–Trinajstić information content (AvgIpc) is 2.60. The largest absolute Gasteiger partial charge is 0.394 e. The van der Waals surface area contributed by atoms with Gasteiger partial charge in [-0.15, -0.1) is 0 Å². The first-order chi connectivity index (χ1) is 12.2. The van der Waals surface area contributed by atoms with Crippen molar-refractivity contribution in [3.63, 3.8) is 0 Å². The predicted octanol–water partition coefficient (Wildman–Crippen LogP) is 1.12. The van der Waals surface area contributed by atoms with Gasteiger partial charge in [-0.25, -0.2) is 0 Å². The number of aliphatic hydroxyl groups is 5. The number of rotatable bonds is 11. The monoisotopic (exact) mass is 370 g/mol. The van der Waals surface area contributed by atoms with Crippen molar-refractivity contribution in [1.82, 2.24) is 0 Å². The lowest BCUT2D eigenvalue weighted by Gasteiger charge is -2.31. The first-order valence-corrected chi connectivity index (χ1v) is 9.24. The van der Waals surface area contributed by atoms with Crippen LogP contribution in [0, 0.1) is 20.8 Å². The van der Waals surface area contributed by atoms with Crippen molar-refractivity contribution in [3.05, 3.63) is 34.4 Å². The van der Waals surface area contributed by atoms with E-state index in [4.69, 9.17) is 9.84 Å². The zero-order valence-corrected chi connectivity index (χ0v) is 16.2. The first kappa shape index (κ1) is 23.0. The third kappa shape index (κ3) is 6.30. The highest BCUT2D eigenvalue weighted by Crippen LogP contribution is 2.21. The summed E-state index contributed by atoms with van der Waals surface area (Å²) in [4.78, 5) is 0. The van der Waals surface area contributed by atoms with E-state index in [0.717, 1.165) is 29.5 Å². The number of hydrogen-bond acceptors (Lipinski definition) is 6. The van der Waals surface area contributed by atoms with E-state index in [1.807, 2.05) is 27.7 Å². The Bertz CT molecular complexity index is 524. The Morgan fingerprint density at radius 2 is 1.50 bits per heavy atom. The summed E-state index contributed by atoms with van der Waals surface area (Å²) < 4.78 is 5.91. The lowest BCUT2D eigenvalue weighted by molar-refractivity contribution is -0.154. The lowest BCUT2D eigenvalue weighted by Crippen LogP contribution is -2.50. The lowest BCUT2D eigenvalue weighted by atomic mass is 9.96. The molecule has 5 unspecified atom stereocenters. The fraction of sp³-hybridized carbons (Fsp3) is 0.700. The van der Waals surface area contributed by atoms with E-state index in [2.05, 4.69) is 12.1 Å². The molecule has 26 heavy (non-hydrogen) atoms. The van der Waals surface area contributed by atoms with Crippen LogP contribution in [0.4, 0.5) is 0 Å². The van der Waals surface area contributed by atoms with Crippen molar-refractivity contribution >= 4 is 0 Å². The summed E-state index contributed by atoms with van der Waals surface area (Å²) in [7, 11) is 0. The molecule has 0 aromatic heterocycles. The number of ether oxygens (including phenoxy) is 1. The van der Waals surface area contributed by atoms with Gasteiger partial charge in [-0.2, -0.15) is 0 Å². The normalized spacial score (nSPS) is 17.6. The minimum absolute atomic E-state index is 0.286.